The van der Waals surface area contributed by atoms with Crippen molar-refractivity contribution >= 4 is 5.96 Å². The van der Waals surface area contributed by atoms with Gasteiger partial charge in [0.25, 0.3) is 0 Å². The van der Waals surface area contributed by atoms with Gasteiger partial charge in [0.05, 0.1) is 6.54 Å². The lowest BCUT2D eigenvalue weighted by molar-refractivity contribution is 0.420. The van der Waals surface area contributed by atoms with Crippen LogP contribution in [0.1, 0.15) is 36.8 Å². The molecule has 0 radical (unpaired) electrons. The maximum absolute atomic E-state index is 5.79. The van der Waals surface area contributed by atoms with Gasteiger partial charge < -0.3 is 10.6 Å². The number of benzene rings is 1. The summed E-state index contributed by atoms with van der Waals surface area (Å²) < 4.78 is 0. The number of nitrogens with zero attached hydrogens (tertiary/aromatic N) is 2. The molecule has 1 aromatic carbocycles. The van der Waals surface area contributed by atoms with Crippen LogP contribution in [0.5, 0.6) is 0 Å². The molecule has 0 fully saturated rings. The van der Waals surface area contributed by atoms with Gasteiger partial charge in [0.1, 0.15) is 0 Å². The molecule has 3 heteroatoms. The van der Waals surface area contributed by atoms with Crippen LogP contribution in [0.2, 0.25) is 0 Å². The van der Waals surface area contributed by atoms with E-state index in [4.69, 9.17) is 5.73 Å². The normalized spacial score (nSPS) is 20.6. The molecule has 1 heterocycles. The SMILES string of the molecule is CC(C)c1ccccc1C1CN=C(N)N(C)C1. The largest absolute Gasteiger partial charge is 0.370 e. The summed E-state index contributed by atoms with van der Waals surface area (Å²) in [5.74, 6) is 1.67. The van der Waals surface area contributed by atoms with E-state index < -0.39 is 0 Å². The van der Waals surface area contributed by atoms with E-state index in [1.165, 1.54) is 11.1 Å². The maximum atomic E-state index is 5.79. The van der Waals surface area contributed by atoms with Crippen LogP contribution in [0, 0.1) is 0 Å². The predicted molar refractivity (Wildman–Crippen MR) is 72.4 cm³/mol. The summed E-state index contributed by atoms with van der Waals surface area (Å²) in [5.41, 5.74) is 8.65. The minimum absolute atomic E-state index is 0.464. The summed E-state index contributed by atoms with van der Waals surface area (Å²) in [5, 5.41) is 0. The Morgan fingerprint density at radius 1 is 1.35 bits per heavy atom. The molecule has 17 heavy (non-hydrogen) atoms. The third-order valence-corrected chi connectivity index (χ3v) is 3.42. The Kier molecular flexibility index (Phi) is 3.36. The second-order valence-electron chi connectivity index (χ2n) is 5.06. The van der Waals surface area contributed by atoms with E-state index >= 15 is 0 Å². The van der Waals surface area contributed by atoms with Gasteiger partial charge in [0.2, 0.25) is 0 Å². The van der Waals surface area contributed by atoms with Crippen LogP contribution in [0.4, 0.5) is 0 Å². The lowest BCUT2D eigenvalue weighted by Gasteiger charge is -2.30. The van der Waals surface area contributed by atoms with Crippen LogP contribution in [0.15, 0.2) is 29.3 Å². The smallest absolute Gasteiger partial charge is 0.191 e. The molecular formula is C14H21N3. The Balaban J connectivity index is 2.29. The highest BCUT2D eigenvalue weighted by Crippen LogP contribution is 2.28. The minimum Gasteiger partial charge on any atom is -0.370 e. The number of guanidine groups is 1. The molecular weight excluding hydrogens is 210 g/mol. The van der Waals surface area contributed by atoms with Gasteiger partial charge in [0, 0.05) is 19.5 Å². The summed E-state index contributed by atoms with van der Waals surface area (Å²) in [6.07, 6.45) is 0. The average Bonchev–Trinajstić information content (AvgIpc) is 2.32. The maximum Gasteiger partial charge on any atom is 0.191 e. The zero-order chi connectivity index (χ0) is 12.4. The molecule has 2 rings (SSSR count). The van der Waals surface area contributed by atoms with Crippen molar-refractivity contribution in [2.75, 3.05) is 20.1 Å². The molecule has 0 saturated heterocycles. The number of nitrogens with two attached hydrogens (primary N) is 1. The fourth-order valence-corrected chi connectivity index (χ4v) is 2.41. The third kappa shape index (κ3) is 2.43. The van der Waals surface area contributed by atoms with E-state index in [0.29, 0.717) is 17.8 Å². The zero-order valence-corrected chi connectivity index (χ0v) is 10.9. The van der Waals surface area contributed by atoms with Crippen LogP contribution in [0.3, 0.4) is 0 Å². The Morgan fingerprint density at radius 3 is 2.71 bits per heavy atom. The molecule has 1 unspecified atom stereocenters. The first-order chi connectivity index (χ1) is 8.09. The van der Waals surface area contributed by atoms with Gasteiger partial charge in [-0.2, -0.15) is 0 Å². The Hall–Kier alpha value is -1.51. The lowest BCUT2D eigenvalue weighted by Crippen LogP contribution is -2.41. The van der Waals surface area contributed by atoms with Crippen LogP contribution in [0.25, 0.3) is 0 Å². The van der Waals surface area contributed by atoms with Gasteiger partial charge in [-0.15, -0.1) is 0 Å². The molecule has 0 amide bonds. The van der Waals surface area contributed by atoms with Crippen LogP contribution >= 0.6 is 0 Å². The third-order valence-electron chi connectivity index (χ3n) is 3.42. The van der Waals surface area contributed by atoms with Gasteiger partial charge in [0.15, 0.2) is 5.96 Å². The molecule has 1 aliphatic heterocycles. The van der Waals surface area contributed by atoms with E-state index in [9.17, 15) is 0 Å². The topological polar surface area (TPSA) is 41.6 Å². The number of hydrogen-bond donors (Lipinski definition) is 1. The van der Waals surface area contributed by atoms with Gasteiger partial charge in [-0.1, -0.05) is 38.1 Å². The molecule has 2 N–H and O–H groups in total. The Morgan fingerprint density at radius 2 is 2.06 bits per heavy atom. The molecule has 1 aromatic rings. The summed E-state index contributed by atoms with van der Waals surface area (Å²) in [6.45, 7) is 6.24. The van der Waals surface area contributed by atoms with Crippen molar-refractivity contribution in [2.24, 2.45) is 10.7 Å². The zero-order valence-electron chi connectivity index (χ0n) is 10.9. The van der Waals surface area contributed by atoms with E-state index in [1.54, 1.807) is 0 Å². The first-order valence-corrected chi connectivity index (χ1v) is 6.19. The molecule has 1 atom stereocenters. The molecule has 1 aliphatic rings. The minimum atomic E-state index is 0.464. The summed E-state index contributed by atoms with van der Waals surface area (Å²) >= 11 is 0. The van der Waals surface area contributed by atoms with Crippen LogP contribution < -0.4 is 5.73 Å². The van der Waals surface area contributed by atoms with Crippen molar-refractivity contribution in [3.8, 4) is 0 Å². The highest BCUT2D eigenvalue weighted by Gasteiger charge is 2.22. The number of likely N-dealkylation sites (N-methyl/N-ethyl adjacent to an activating group) is 1. The molecule has 92 valence electrons. The van der Waals surface area contributed by atoms with Crippen LogP contribution in [-0.2, 0) is 0 Å². The molecule has 0 aromatic heterocycles. The monoisotopic (exact) mass is 231 g/mol. The second kappa shape index (κ2) is 4.78. The number of rotatable bonds is 2. The van der Waals surface area contributed by atoms with E-state index in [2.05, 4.69) is 43.1 Å². The quantitative estimate of drug-likeness (QED) is 0.847. The van der Waals surface area contributed by atoms with Crippen molar-refractivity contribution in [1.82, 2.24) is 4.90 Å². The van der Waals surface area contributed by atoms with E-state index in [-0.39, 0.29) is 0 Å². The molecule has 0 spiro atoms. The van der Waals surface area contributed by atoms with Crippen molar-refractivity contribution in [3.63, 3.8) is 0 Å². The van der Waals surface area contributed by atoms with Gasteiger partial charge in [-0.05, 0) is 17.0 Å². The second-order valence-corrected chi connectivity index (χ2v) is 5.06. The number of hydrogen-bond acceptors (Lipinski definition) is 3. The fraction of sp³-hybridized carbons (Fsp3) is 0.500. The summed E-state index contributed by atoms with van der Waals surface area (Å²) in [7, 11) is 2.00. The van der Waals surface area contributed by atoms with Crippen LogP contribution in [-0.4, -0.2) is 31.0 Å². The molecule has 3 nitrogen and oxygen atoms in total. The van der Waals surface area contributed by atoms with E-state index in [0.717, 1.165) is 13.1 Å². The van der Waals surface area contributed by atoms with Crippen molar-refractivity contribution in [2.45, 2.75) is 25.7 Å². The summed E-state index contributed by atoms with van der Waals surface area (Å²) in [4.78, 5) is 6.42. The molecule has 0 saturated carbocycles. The lowest BCUT2D eigenvalue weighted by atomic mass is 9.88. The van der Waals surface area contributed by atoms with Gasteiger partial charge in [-0.3, -0.25) is 4.99 Å². The Labute approximate surface area is 103 Å². The van der Waals surface area contributed by atoms with E-state index in [1.807, 2.05) is 11.9 Å². The first-order valence-electron chi connectivity index (χ1n) is 6.19. The first kappa shape index (κ1) is 12.0. The van der Waals surface area contributed by atoms with Gasteiger partial charge in [-0.25, -0.2) is 0 Å². The summed E-state index contributed by atoms with van der Waals surface area (Å²) in [6, 6.07) is 8.68. The van der Waals surface area contributed by atoms with Crippen molar-refractivity contribution < 1.29 is 0 Å². The molecule has 0 bridgehead atoms. The average molecular weight is 231 g/mol. The fourth-order valence-electron chi connectivity index (χ4n) is 2.41. The number of aliphatic imine (C=N–C) groups is 1. The molecule has 0 aliphatic carbocycles. The highest BCUT2D eigenvalue weighted by molar-refractivity contribution is 5.78. The van der Waals surface area contributed by atoms with Crippen molar-refractivity contribution in [3.05, 3.63) is 35.4 Å². The highest BCUT2D eigenvalue weighted by atomic mass is 15.2. The predicted octanol–water partition coefficient (Wildman–Crippen LogP) is 2.15. The Bertz CT molecular complexity index is 423. The standard InChI is InChI=1S/C14H21N3/c1-10(2)12-6-4-5-7-13(12)11-8-16-14(15)17(3)9-11/h4-7,10-11H,8-9H2,1-3H3,(H2,15,16). The van der Waals surface area contributed by atoms with Gasteiger partial charge >= 0.3 is 0 Å². The van der Waals surface area contributed by atoms with Crippen molar-refractivity contribution in [1.29, 1.82) is 0 Å².